The highest BCUT2D eigenvalue weighted by Crippen LogP contribution is 2.23. The van der Waals surface area contributed by atoms with E-state index in [1.165, 1.54) is 0 Å². The molecule has 0 amide bonds. The molecule has 0 radical (unpaired) electrons. The summed E-state index contributed by atoms with van der Waals surface area (Å²) in [6.07, 6.45) is 3.48. The molecule has 6 nitrogen and oxygen atoms in total. The zero-order valence-electron chi connectivity index (χ0n) is 11.4. The van der Waals surface area contributed by atoms with E-state index in [-0.39, 0.29) is 0 Å². The molecule has 3 heterocycles. The molecule has 104 valence electrons. The second-order valence-corrected chi connectivity index (χ2v) is 4.99. The first-order chi connectivity index (χ1) is 9.36. The first-order valence-corrected chi connectivity index (χ1v) is 7.01. The molecule has 2 fully saturated rings. The van der Waals surface area contributed by atoms with Gasteiger partial charge < -0.3 is 15.0 Å². The van der Waals surface area contributed by atoms with Crippen LogP contribution in [0.1, 0.15) is 6.92 Å². The van der Waals surface area contributed by atoms with Gasteiger partial charge in [0.15, 0.2) is 5.82 Å². The molecule has 1 N–H and O–H groups in total. The first kappa shape index (κ1) is 12.6. The Morgan fingerprint density at radius 3 is 2.84 bits per heavy atom. The van der Waals surface area contributed by atoms with E-state index in [1.807, 2.05) is 13.1 Å². The standard InChI is InChI=1S/C13H21N5O/c1-2-19-13-8-15-7-12(16-13)18-9-11(10-18)17-5-3-14-4-6-17/h7-8,11,14H,2-6,9-10H2,1H3. The van der Waals surface area contributed by atoms with Gasteiger partial charge in [-0.1, -0.05) is 0 Å². The second-order valence-electron chi connectivity index (χ2n) is 4.99. The molecule has 19 heavy (non-hydrogen) atoms. The fraction of sp³-hybridized carbons (Fsp3) is 0.692. The second kappa shape index (κ2) is 5.71. The van der Waals surface area contributed by atoms with Crippen LogP contribution in [0.25, 0.3) is 0 Å². The minimum absolute atomic E-state index is 0.616. The van der Waals surface area contributed by atoms with Gasteiger partial charge in [-0.25, -0.2) is 0 Å². The van der Waals surface area contributed by atoms with Crippen molar-refractivity contribution in [2.75, 3.05) is 50.8 Å². The van der Waals surface area contributed by atoms with Crippen LogP contribution in [0.2, 0.25) is 0 Å². The van der Waals surface area contributed by atoms with E-state index in [1.54, 1.807) is 6.20 Å². The normalized spacial score (nSPS) is 21.2. The molecular weight excluding hydrogens is 242 g/mol. The van der Waals surface area contributed by atoms with Crippen molar-refractivity contribution in [1.29, 1.82) is 0 Å². The van der Waals surface area contributed by atoms with Gasteiger partial charge >= 0.3 is 0 Å². The summed E-state index contributed by atoms with van der Waals surface area (Å²) in [4.78, 5) is 13.5. The SMILES string of the molecule is CCOc1cncc(N2CC(N3CCNCC3)C2)n1. The Kier molecular flexibility index (Phi) is 3.79. The van der Waals surface area contributed by atoms with Gasteiger partial charge in [0.25, 0.3) is 0 Å². The lowest BCUT2D eigenvalue weighted by Crippen LogP contribution is -2.63. The lowest BCUT2D eigenvalue weighted by Gasteiger charge is -2.47. The molecule has 0 spiro atoms. The van der Waals surface area contributed by atoms with Crippen LogP contribution in [0.5, 0.6) is 5.88 Å². The maximum atomic E-state index is 5.39. The number of nitrogens with zero attached hydrogens (tertiary/aromatic N) is 4. The van der Waals surface area contributed by atoms with Gasteiger partial charge in [-0.2, -0.15) is 4.98 Å². The monoisotopic (exact) mass is 263 g/mol. The molecule has 6 heteroatoms. The number of ether oxygens (including phenoxy) is 1. The summed E-state index contributed by atoms with van der Waals surface area (Å²) in [5.74, 6) is 1.54. The van der Waals surface area contributed by atoms with Gasteiger partial charge in [0, 0.05) is 45.3 Å². The Labute approximate surface area is 113 Å². The van der Waals surface area contributed by atoms with Crippen LogP contribution >= 0.6 is 0 Å². The molecule has 1 aromatic rings. The number of piperazine rings is 1. The van der Waals surface area contributed by atoms with Crippen molar-refractivity contribution < 1.29 is 4.74 Å². The molecule has 2 saturated heterocycles. The largest absolute Gasteiger partial charge is 0.477 e. The topological polar surface area (TPSA) is 53.5 Å². The van der Waals surface area contributed by atoms with E-state index < -0.39 is 0 Å². The van der Waals surface area contributed by atoms with Crippen molar-refractivity contribution in [3.05, 3.63) is 12.4 Å². The summed E-state index contributed by atoms with van der Waals surface area (Å²) < 4.78 is 5.39. The Bertz CT molecular complexity index is 415. The highest BCUT2D eigenvalue weighted by Gasteiger charge is 2.33. The quantitative estimate of drug-likeness (QED) is 0.823. The highest BCUT2D eigenvalue weighted by molar-refractivity contribution is 5.41. The molecule has 0 unspecified atom stereocenters. The van der Waals surface area contributed by atoms with Crippen LogP contribution in [-0.4, -0.2) is 66.8 Å². The number of anilines is 1. The fourth-order valence-electron chi connectivity index (χ4n) is 2.63. The number of aromatic nitrogens is 2. The molecule has 2 aliphatic rings. The van der Waals surface area contributed by atoms with Crippen molar-refractivity contribution in [1.82, 2.24) is 20.2 Å². The summed E-state index contributed by atoms with van der Waals surface area (Å²) in [6, 6.07) is 0.666. The molecule has 1 aromatic heterocycles. The van der Waals surface area contributed by atoms with Crippen LogP contribution < -0.4 is 15.0 Å². The van der Waals surface area contributed by atoms with Crippen molar-refractivity contribution >= 4 is 5.82 Å². The summed E-state index contributed by atoms with van der Waals surface area (Å²) in [5, 5.41) is 3.39. The van der Waals surface area contributed by atoms with Gasteiger partial charge in [-0.05, 0) is 6.92 Å². The zero-order chi connectivity index (χ0) is 13.1. The number of hydrogen-bond donors (Lipinski definition) is 1. The maximum absolute atomic E-state index is 5.39. The molecule has 0 bridgehead atoms. The third kappa shape index (κ3) is 2.79. The number of nitrogens with one attached hydrogen (secondary N) is 1. The summed E-state index contributed by atoms with van der Waals surface area (Å²) >= 11 is 0. The molecule has 0 saturated carbocycles. The average molecular weight is 263 g/mol. The van der Waals surface area contributed by atoms with Crippen LogP contribution in [-0.2, 0) is 0 Å². The van der Waals surface area contributed by atoms with E-state index in [4.69, 9.17) is 4.74 Å². The summed E-state index contributed by atoms with van der Waals surface area (Å²) in [7, 11) is 0. The van der Waals surface area contributed by atoms with E-state index >= 15 is 0 Å². The van der Waals surface area contributed by atoms with Crippen LogP contribution in [0.4, 0.5) is 5.82 Å². The van der Waals surface area contributed by atoms with E-state index in [0.717, 1.165) is 45.1 Å². The van der Waals surface area contributed by atoms with E-state index in [9.17, 15) is 0 Å². The van der Waals surface area contributed by atoms with Crippen molar-refractivity contribution in [2.45, 2.75) is 13.0 Å². The Morgan fingerprint density at radius 1 is 1.32 bits per heavy atom. The predicted molar refractivity (Wildman–Crippen MR) is 73.6 cm³/mol. The van der Waals surface area contributed by atoms with E-state index in [0.29, 0.717) is 18.5 Å². The fourth-order valence-corrected chi connectivity index (χ4v) is 2.63. The third-order valence-electron chi connectivity index (χ3n) is 3.75. The molecule has 0 atom stereocenters. The van der Waals surface area contributed by atoms with Gasteiger partial charge in [-0.3, -0.25) is 9.88 Å². The number of hydrogen-bond acceptors (Lipinski definition) is 6. The van der Waals surface area contributed by atoms with Crippen LogP contribution in [0, 0.1) is 0 Å². The van der Waals surface area contributed by atoms with Crippen LogP contribution in [0.3, 0.4) is 0 Å². The average Bonchev–Trinajstić information content (AvgIpc) is 2.39. The van der Waals surface area contributed by atoms with Gasteiger partial charge in [-0.15, -0.1) is 0 Å². The zero-order valence-corrected chi connectivity index (χ0v) is 11.4. The van der Waals surface area contributed by atoms with Crippen molar-refractivity contribution in [2.24, 2.45) is 0 Å². The Balaban J connectivity index is 1.56. The lowest BCUT2D eigenvalue weighted by atomic mass is 10.1. The minimum atomic E-state index is 0.616. The molecule has 3 rings (SSSR count). The predicted octanol–water partition coefficient (Wildman–Crippen LogP) is -0.0309. The molecule has 0 aliphatic carbocycles. The van der Waals surface area contributed by atoms with E-state index in [2.05, 4.69) is 25.1 Å². The van der Waals surface area contributed by atoms with Crippen LogP contribution in [0.15, 0.2) is 12.4 Å². The maximum Gasteiger partial charge on any atom is 0.234 e. The smallest absolute Gasteiger partial charge is 0.234 e. The third-order valence-corrected chi connectivity index (χ3v) is 3.75. The van der Waals surface area contributed by atoms with Gasteiger partial charge in [0.2, 0.25) is 5.88 Å². The highest BCUT2D eigenvalue weighted by atomic mass is 16.5. The van der Waals surface area contributed by atoms with Gasteiger partial charge in [0.1, 0.15) is 0 Å². The first-order valence-electron chi connectivity index (χ1n) is 7.01. The summed E-state index contributed by atoms with van der Waals surface area (Å²) in [5.41, 5.74) is 0. The summed E-state index contributed by atoms with van der Waals surface area (Å²) in [6.45, 7) is 9.20. The molecule has 2 aliphatic heterocycles. The molecular formula is C13H21N5O. The Hall–Kier alpha value is -1.40. The minimum Gasteiger partial charge on any atom is -0.477 e. The molecule has 0 aromatic carbocycles. The van der Waals surface area contributed by atoms with Crippen molar-refractivity contribution in [3.63, 3.8) is 0 Å². The van der Waals surface area contributed by atoms with Gasteiger partial charge in [0.05, 0.1) is 19.0 Å². The Morgan fingerprint density at radius 2 is 2.11 bits per heavy atom. The van der Waals surface area contributed by atoms with Crippen molar-refractivity contribution in [3.8, 4) is 5.88 Å². The number of rotatable bonds is 4. The lowest BCUT2D eigenvalue weighted by molar-refractivity contribution is 0.147.